The first-order valence-corrected chi connectivity index (χ1v) is 7.60. The molecule has 21 heavy (non-hydrogen) atoms. The molecule has 0 aliphatic heterocycles. The zero-order valence-electron chi connectivity index (χ0n) is 11.0. The molecule has 0 saturated carbocycles. The van der Waals surface area contributed by atoms with E-state index in [1.54, 1.807) is 0 Å². The number of nitrogens with zero attached hydrogens (tertiary/aromatic N) is 1. The number of carboxylic acids is 1. The first kappa shape index (κ1) is 17.3. The third-order valence-electron chi connectivity index (χ3n) is 2.57. The summed E-state index contributed by atoms with van der Waals surface area (Å²) in [7, 11) is 0. The Balaban J connectivity index is 2.92. The SMILES string of the molecule is CSCCC(NC(=O)c1cc(Cl)cc([N+](=O)[O-])c1)C(=O)O. The summed E-state index contributed by atoms with van der Waals surface area (Å²) in [4.78, 5) is 33.1. The molecular formula is C12H13ClN2O5S. The molecule has 0 aliphatic rings. The number of carbonyl (C=O) groups is 2. The minimum Gasteiger partial charge on any atom is -0.480 e. The molecule has 2 N–H and O–H groups in total. The number of rotatable bonds is 7. The number of nitro benzene ring substituents is 1. The number of carboxylic acid groups (broad SMARTS) is 1. The Hall–Kier alpha value is -1.80. The lowest BCUT2D eigenvalue weighted by molar-refractivity contribution is -0.384. The van der Waals surface area contributed by atoms with Crippen molar-refractivity contribution in [1.82, 2.24) is 5.32 Å². The van der Waals surface area contributed by atoms with Gasteiger partial charge in [0.1, 0.15) is 6.04 Å². The van der Waals surface area contributed by atoms with E-state index in [-0.39, 0.29) is 22.7 Å². The molecule has 0 saturated heterocycles. The van der Waals surface area contributed by atoms with E-state index in [2.05, 4.69) is 5.32 Å². The maximum Gasteiger partial charge on any atom is 0.326 e. The number of thioether (sulfide) groups is 1. The fourth-order valence-corrected chi connectivity index (χ4v) is 2.25. The third kappa shape index (κ3) is 5.24. The molecule has 1 rings (SSSR count). The Morgan fingerprint density at radius 2 is 2.14 bits per heavy atom. The Kier molecular flexibility index (Phi) is 6.44. The van der Waals surface area contributed by atoms with Gasteiger partial charge in [-0.2, -0.15) is 11.8 Å². The second-order valence-electron chi connectivity index (χ2n) is 4.10. The van der Waals surface area contributed by atoms with Crippen molar-refractivity contribution in [2.45, 2.75) is 12.5 Å². The van der Waals surface area contributed by atoms with Crippen LogP contribution < -0.4 is 5.32 Å². The fourth-order valence-electron chi connectivity index (χ4n) is 1.55. The number of carbonyl (C=O) groups excluding carboxylic acids is 1. The summed E-state index contributed by atoms with van der Waals surface area (Å²) < 4.78 is 0. The number of amides is 1. The van der Waals surface area contributed by atoms with Gasteiger partial charge in [0.25, 0.3) is 11.6 Å². The summed E-state index contributed by atoms with van der Waals surface area (Å²) in [5.41, 5.74) is -0.381. The van der Waals surface area contributed by atoms with Crippen LogP contribution in [0.25, 0.3) is 0 Å². The number of nitro groups is 1. The normalized spacial score (nSPS) is 11.7. The average molecular weight is 333 g/mol. The molecule has 1 unspecified atom stereocenters. The highest BCUT2D eigenvalue weighted by Crippen LogP contribution is 2.21. The molecule has 0 bridgehead atoms. The van der Waals surface area contributed by atoms with Crippen LogP contribution in [0.3, 0.4) is 0 Å². The molecule has 0 heterocycles. The molecule has 1 amide bonds. The number of benzene rings is 1. The second-order valence-corrected chi connectivity index (χ2v) is 5.52. The molecule has 1 atom stereocenters. The Morgan fingerprint density at radius 3 is 2.67 bits per heavy atom. The third-order valence-corrected chi connectivity index (χ3v) is 3.43. The Morgan fingerprint density at radius 1 is 1.48 bits per heavy atom. The van der Waals surface area contributed by atoms with Crippen molar-refractivity contribution in [2.24, 2.45) is 0 Å². The quantitative estimate of drug-likeness (QED) is 0.585. The molecule has 0 aromatic heterocycles. The van der Waals surface area contributed by atoms with E-state index in [4.69, 9.17) is 16.7 Å². The van der Waals surface area contributed by atoms with E-state index in [0.29, 0.717) is 5.75 Å². The molecule has 7 nitrogen and oxygen atoms in total. The lowest BCUT2D eigenvalue weighted by Crippen LogP contribution is -2.41. The summed E-state index contributed by atoms with van der Waals surface area (Å²) in [5, 5.41) is 22.1. The van der Waals surface area contributed by atoms with E-state index in [1.807, 2.05) is 6.26 Å². The van der Waals surface area contributed by atoms with Crippen LogP contribution in [0.2, 0.25) is 5.02 Å². The van der Waals surface area contributed by atoms with Gasteiger partial charge in [-0.3, -0.25) is 14.9 Å². The van der Waals surface area contributed by atoms with Crippen LogP contribution in [0.15, 0.2) is 18.2 Å². The van der Waals surface area contributed by atoms with Gasteiger partial charge in [0, 0.05) is 22.7 Å². The highest BCUT2D eigenvalue weighted by molar-refractivity contribution is 7.98. The van der Waals surface area contributed by atoms with E-state index in [9.17, 15) is 19.7 Å². The van der Waals surface area contributed by atoms with Gasteiger partial charge in [-0.05, 0) is 24.5 Å². The molecule has 114 valence electrons. The van der Waals surface area contributed by atoms with Gasteiger partial charge < -0.3 is 10.4 Å². The van der Waals surface area contributed by atoms with Gasteiger partial charge in [0.2, 0.25) is 0 Å². The molecule has 1 aromatic rings. The van der Waals surface area contributed by atoms with Gasteiger partial charge >= 0.3 is 5.97 Å². The Bertz CT molecular complexity index is 567. The van der Waals surface area contributed by atoms with Gasteiger partial charge in [-0.1, -0.05) is 11.6 Å². The molecule has 0 spiro atoms. The van der Waals surface area contributed by atoms with Crippen LogP contribution in [0.1, 0.15) is 16.8 Å². The predicted octanol–water partition coefficient (Wildman–Crippen LogP) is 2.18. The van der Waals surface area contributed by atoms with E-state index in [0.717, 1.165) is 12.1 Å². The summed E-state index contributed by atoms with van der Waals surface area (Å²) in [6, 6.07) is 2.36. The smallest absolute Gasteiger partial charge is 0.326 e. The number of non-ortho nitro benzene ring substituents is 1. The number of hydrogen-bond acceptors (Lipinski definition) is 5. The highest BCUT2D eigenvalue weighted by atomic mass is 35.5. The van der Waals surface area contributed by atoms with Crippen molar-refractivity contribution in [2.75, 3.05) is 12.0 Å². The molecule has 1 aromatic carbocycles. The monoisotopic (exact) mass is 332 g/mol. The summed E-state index contributed by atoms with van der Waals surface area (Å²) in [5.74, 6) is -1.31. The standard InChI is InChI=1S/C12H13ClN2O5S/c1-21-3-2-10(12(17)18)14-11(16)7-4-8(13)6-9(5-7)15(19)20/h4-6,10H,2-3H2,1H3,(H,14,16)(H,17,18). The highest BCUT2D eigenvalue weighted by Gasteiger charge is 2.21. The van der Waals surface area contributed by atoms with Crippen molar-refractivity contribution >= 4 is 40.9 Å². The van der Waals surface area contributed by atoms with Gasteiger partial charge in [-0.25, -0.2) is 4.79 Å². The van der Waals surface area contributed by atoms with Crippen LogP contribution in [0, 0.1) is 10.1 Å². The molecule has 0 aliphatic carbocycles. The van der Waals surface area contributed by atoms with Crippen LogP contribution in [-0.4, -0.2) is 40.0 Å². The van der Waals surface area contributed by atoms with Gasteiger partial charge in [0.05, 0.1) is 4.92 Å². The summed E-state index contributed by atoms with van der Waals surface area (Å²) in [6.45, 7) is 0. The topological polar surface area (TPSA) is 110 Å². The summed E-state index contributed by atoms with van der Waals surface area (Å²) in [6.07, 6.45) is 2.08. The first-order valence-electron chi connectivity index (χ1n) is 5.82. The predicted molar refractivity (Wildman–Crippen MR) is 80.0 cm³/mol. The minimum atomic E-state index is -1.16. The Labute approximate surface area is 129 Å². The van der Waals surface area contributed by atoms with Crippen LogP contribution in [0.5, 0.6) is 0 Å². The molecule has 9 heteroatoms. The fraction of sp³-hybridized carbons (Fsp3) is 0.333. The van der Waals surface area contributed by atoms with E-state index in [1.165, 1.54) is 17.8 Å². The average Bonchev–Trinajstić information content (AvgIpc) is 2.42. The van der Waals surface area contributed by atoms with Crippen LogP contribution >= 0.6 is 23.4 Å². The zero-order valence-corrected chi connectivity index (χ0v) is 12.6. The largest absolute Gasteiger partial charge is 0.480 e. The van der Waals surface area contributed by atoms with Crippen molar-refractivity contribution in [1.29, 1.82) is 0 Å². The maximum absolute atomic E-state index is 12.0. The van der Waals surface area contributed by atoms with E-state index >= 15 is 0 Å². The number of halogens is 1. The van der Waals surface area contributed by atoms with Crippen molar-refractivity contribution in [3.63, 3.8) is 0 Å². The lowest BCUT2D eigenvalue weighted by atomic mass is 10.1. The van der Waals surface area contributed by atoms with Crippen molar-refractivity contribution < 1.29 is 19.6 Å². The van der Waals surface area contributed by atoms with Gasteiger partial charge in [-0.15, -0.1) is 0 Å². The lowest BCUT2D eigenvalue weighted by Gasteiger charge is -2.14. The number of hydrogen-bond donors (Lipinski definition) is 2. The second kappa shape index (κ2) is 7.84. The van der Waals surface area contributed by atoms with Crippen molar-refractivity contribution in [3.8, 4) is 0 Å². The minimum absolute atomic E-state index is 0.0327. The molecule has 0 radical (unpaired) electrons. The first-order chi connectivity index (χ1) is 9.85. The van der Waals surface area contributed by atoms with Crippen molar-refractivity contribution in [3.05, 3.63) is 38.9 Å². The van der Waals surface area contributed by atoms with Gasteiger partial charge in [0.15, 0.2) is 0 Å². The van der Waals surface area contributed by atoms with E-state index < -0.39 is 22.8 Å². The maximum atomic E-state index is 12.0. The summed E-state index contributed by atoms with van der Waals surface area (Å²) >= 11 is 7.17. The zero-order chi connectivity index (χ0) is 16.0. The molecule has 0 fully saturated rings. The van der Waals surface area contributed by atoms with Crippen LogP contribution in [0.4, 0.5) is 5.69 Å². The number of aliphatic carboxylic acids is 1. The van der Waals surface area contributed by atoms with Crippen LogP contribution in [-0.2, 0) is 4.79 Å². The number of nitrogens with one attached hydrogen (secondary N) is 1. The molecular weight excluding hydrogens is 320 g/mol.